The molecule has 0 aliphatic rings. The van der Waals surface area contributed by atoms with Crippen LogP contribution in [-0.2, 0) is 0 Å². The van der Waals surface area contributed by atoms with Gasteiger partial charge in [-0.25, -0.2) is 9.97 Å². The minimum Gasteiger partial charge on any atom is -0.346 e. The predicted molar refractivity (Wildman–Crippen MR) is 64.6 cm³/mol. The van der Waals surface area contributed by atoms with Crippen molar-refractivity contribution in [1.82, 2.24) is 19.9 Å². The van der Waals surface area contributed by atoms with Gasteiger partial charge in [0.1, 0.15) is 11.2 Å². The Labute approximate surface area is 94.0 Å². The molecule has 76 valence electrons. The van der Waals surface area contributed by atoms with E-state index in [0.717, 1.165) is 31.3 Å². The van der Waals surface area contributed by atoms with Gasteiger partial charge in [0.25, 0.3) is 0 Å². The van der Waals surface area contributed by atoms with Gasteiger partial charge in [0.15, 0.2) is 0 Å². The van der Waals surface area contributed by atoms with E-state index in [4.69, 9.17) is 0 Å². The Morgan fingerprint density at radius 2 is 2.19 bits per heavy atom. The Balaban J connectivity index is 2.38. The lowest BCUT2D eigenvalue weighted by molar-refractivity contribution is 1.23. The maximum absolute atomic E-state index is 4.34. The van der Waals surface area contributed by atoms with E-state index in [9.17, 15) is 0 Å². The Morgan fingerprint density at radius 1 is 1.19 bits per heavy atom. The molecule has 0 amide bonds. The minimum absolute atomic E-state index is 1.01. The molecule has 0 fully saturated rings. The lowest BCUT2D eigenvalue weighted by atomic mass is 10.2. The normalized spacial score (nSPS) is 11.8. The molecule has 4 heterocycles. The molecule has 0 saturated carbocycles. The largest absolute Gasteiger partial charge is 0.346 e. The van der Waals surface area contributed by atoms with Gasteiger partial charge in [0, 0.05) is 29.4 Å². The minimum atomic E-state index is 1.01. The van der Waals surface area contributed by atoms with Gasteiger partial charge in [-0.1, -0.05) is 0 Å². The standard InChI is InChI=1S/C11H6N4S/c1-2-12-3-6-7(1)15-11-9(6)10-8(16-11)4-13-5-14-10/h1-5,15H. The van der Waals surface area contributed by atoms with Crippen molar-refractivity contribution in [2.75, 3.05) is 0 Å². The molecule has 4 aromatic heterocycles. The topological polar surface area (TPSA) is 54.5 Å². The average molecular weight is 226 g/mol. The van der Waals surface area contributed by atoms with Gasteiger partial charge >= 0.3 is 0 Å². The van der Waals surface area contributed by atoms with Crippen LogP contribution in [0.25, 0.3) is 31.3 Å². The fourth-order valence-electron chi connectivity index (χ4n) is 2.01. The zero-order valence-electron chi connectivity index (χ0n) is 8.14. The van der Waals surface area contributed by atoms with Crippen molar-refractivity contribution in [2.24, 2.45) is 0 Å². The fourth-order valence-corrected chi connectivity index (χ4v) is 3.07. The Morgan fingerprint density at radius 3 is 3.19 bits per heavy atom. The van der Waals surface area contributed by atoms with Gasteiger partial charge in [-0.3, -0.25) is 4.98 Å². The van der Waals surface area contributed by atoms with Crippen LogP contribution in [-0.4, -0.2) is 19.9 Å². The molecule has 0 aliphatic heterocycles. The Bertz CT molecular complexity index is 749. The first kappa shape index (κ1) is 8.18. The van der Waals surface area contributed by atoms with E-state index in [1.165, 1.54) is 0 Å². The molecule has 0 spiro atoms. The summed E-state index contributed by atoms with van der Waals surface area (Å²) in [5.74, 6) is 0. The highest BCUT2D eigenvalue weighted by Crippen LogP contribution is 2.36. The molecule has 4 nitrogen and oxygen atoms in total. The molecule has 1 N–H and O–H groups in total. The average Bonchev–Trinajstić information content (AvgIpc) is 2.83. The van der Waals surface area contributed by atoms with Crippen LogP contribution in [0.2, 0.25) is 0 Å². The maximum Gasteiger partial charge on any atom is 0.116 e. The molecule has 4 rings (SSSR count). The van der Waals surface area contributed by atoms with Crippen LogP contribution in [0.4, 0.5) is 0 Å². The van der Waals surface area contributed by atoms with E-state index in [1.807, 2.05) is 18.5 Å². The lowest BCUT2D eigenvalue weighted by Gasteiger charge is -1.89. The van der Waals surface area contributed by atoms with E-state index in [0.29, 0.717) is 0 Å². The highest BCUT2D eigenvalue weighted by molar-refractivity contribution is 7.25. The molecule has 0 bridgehead atoms. The first-order valence-electron chi connectivity index (χ1n) is 4.87. The van der Waals surface area contributed by atoms with Crippen molar-refractivity contribution < 1.29 is 0 Å². The molecule has 0 aromatic carbocycles. The fraction of sp³-hybridized carbons (Fsp3) is 0. The summed E-state index contributed by atoms with van der Waals surface area (Å²) in [7, 11) is 0. The van der Waals surface area contributed by atoms with Gasteiger partial charge in [0.05, 0.1) is 15.7 Å². The van der Waals surface area contributed by atoms with Crippen LogP contribution in [0.5, 0.6) is 0 Å². The Kier molecular flexibility index (Phi) is 1.41. The third-order valence-electron chi connectivity index (χ3n) is 2.69. The van der Waals surface area contributed by atoms with Crippen LogP contribution < -0.4 is 0 Å². The van der Waals surface area contributed by atoms with Crippen LogP contribution in [0.15, 0.2) is 31.0 Å². The second-order valence-corrected chi connectivity index (χ2v) is 4.64. The van der Waals surface area contributed by atoms with Crippen molar-refractivity contribution in [3.63, 3.8) is 0 Å². The van der Waals surface area contributed by atoms with E-state index < -0.39 is 0 Å². The number of rotatable bonds is 0. The molecule has 0 saturated heterocycles. The van der Waals surface area contributed by atoms with Crippen molar-refractivity contribution in [1.29, 1.82) is 0 Å². The van der Waals surface area contributed by atoms with Crippen molar-refractivity contribution >= 4 is 42.7 Å². The van der Waals surface area contributed by atoms with Crippen molar-refractivity contribution in [2.45, 2.75) is 0 Å². The number of thiophene rings is 1. The lowest BCUT2D eigenvalue weighted by Crippen LogP contribution is -1.75. The molecule has 0 unspecified atom stereocenters. The third kappa shape index (κ3) is 0.906. The number of pyridine rings is 1. The van der Waals surface area contributed by atoms with Crippen molar-refractivity contribution in [3.05, 3.63) is 31.0 Å². The molecule has 16 heavy (non-hydrogen) atoms. The summed E-state index contributed by atoms with van der Waals surface area (Å²) in [5, 5.41) is 2.29. The number of nitrogens with one attached hydrogen (secondary N) is 1. The number of H-pyrrole nitrogens is 1. The van der Waals surface area contributed by atoms with Crippen LogP contribution in [0, 0.1) is 0 Å². The summed E-state index contributed by atoms with van der Waals surface area (Å²) >= 11 is 1.68. The van der Waals surface area contributed by atoms with E-state index in [1.54, 1.807) is 23.9 Å². The van der Waals surface area contributed by atoms with E-state index in [2.05, 4.69) is 19.9 Å². The van der Waals surface area contributed by atoms with Crippen LogP contribution in [0.3, 0.4) is 0 Å². The molecule has 0 aliphatic carbocycles. The smallest absolute Gasteiger partial charge is 0.116 e. The van der Waals surface area contributed by atoms with E-state index >= 15 is 0 Å². The van der Waals surface area contributed by atoms with Gasteiger partial charge < -0.3 is 4.98 Å². The monoisotopic (exact) mass is 226 g/mol. The number of hydrogen-bond donors (Lipinski definition) is 1. The van der Waals surface area contributed by atoms with Crippen molar-refractivity contribution in [3.8, 4) is 0 Å². The molecular formula is C11H6N4S. The van der Waals surface area contributed by atoms with Gasteiger partial charge in [-0.05, 0) is 6.07 Å². The molecule has 4 aromatic rings. The molecule has 5 heteroatoms. The molecular weight excluding hydrogens is 220 g/mol. The number of aromatic amines is 1. The summed E-state index contributed by atoms with van der Waals surface area (Å²) in [4.78, 5) is 17.1. The summed E-state index contributed by atoms with van der Waals surface area (Å²) in [5.41, 5.74) is 2.12. The SMILES string of the molecule is c1cc2[nH]c3sc4cncnc4c3c2cn1. The Hall–Kier alpha value is -2.01. The number of aromatic nitrogens is 4. The van der Waals surface area contributed by atoms with Gasteiger partial charge in [-0.2, -0.15) is 0 Å². The number of nitrogens with zero attached hydrogens (tertiary/aromatic N) is 3. The highest BCUT2D eigenvalue weighted by atomic mass is 32.1. The molecule has 0 radical (unpaired) electrons. The third-order valence-corrected chi connectivity index (χ3v) is 3.72. The first-order chi connectivity index (χ1) is 7.93. The quantitative estimate of drug-likeness (QED) is 0.501. The number of hydrogen-bond acceptors (Lipinski definition) is 4. The van der Waals surface area contributed by atoms with Crippen LogP contribution in [0.1, 0.15) is 0 Å². The summed E-state index contributed by atoms with van der Waals surface area (Å²) in [6.45, 7) is 0. The zero-order chi connectivity index (χ0) is 10.5. The molecule has 0 atom stereocenters. The van der Waals surface area contributed by atoms with Gasteiger partial charge in [-0.15, -0.1) is 11.3 Å². The maximum atomic E-state index is 4.34. The summed E-state index contributed by atoms with van der Waals surface area (Å²) in [6.07, 6.45) is 7.11. The first-order valence-corrected chi connectivity index (χ1v) is 5.69. The second kappa shape index (κ2) is 2.76. The summed E-state index contributed by atoms with van der Waals surface area (Å²) in [6, 6.07) is 1.98. The van der Waals surface area contributed by atoms with E-state index in [-0.39, 0.29) is 0 Å². The van der Waals surface area contributed by atoms with Crippen LogP contribution >= 0.6 is 11.3 Å². The van der Waals surface area contributed by atoms with Gasteiger partial charge in [0.2, 0.25) is 0 Å². The zero-order valence-corrected chi connectivity index (χ0v) is 8.95. The summed E-state index contributed by atoms with van der Waals surface area (Å²) < 4.78 is 1.11. The highest BCUT2D eigenvalue weighted by Gasteiger charge is 2.11. The number of fused-ring (bicyclic) bond motifs is 5. The predicted octanol–water partition coefficient (Wildman–Crippen LogP) is 2.72. The second-order valence-electron chi connectivity index (χ2n) is 3.59.